The highest BCUT2D eigenvalue weighted by Gasteiger charge is 2.52. The molecule has 0 aliphatic carbocycles. The Hall–Kier alpha value is -3.50. The molecule has 1 unspecified atom stereocenters. The van der Waals surface area contributed by atoms with E-state index in [4.69, 9.17) is 9.84 Å². The van der Waals surface area contributed by atoms with Gasteiger partial charge in [0.2, 0.25) is 5.91 Å². The van der Waals surface area contributed by atoms with Gasteiger partial charge in [0.05, 0.1) is 24.0 Å². The molecule has 2 aliphatic heterocycles. The van der Waals surface area contributed by atoms with E-state index in [0.717, 1.165) is 23.4 Å². The highest BCUT2D eigenvalue weighted by molar-refractivity contribution is 6.10. The predicted octanol–water partition coefficient (Wildman–Crippen LogP) is 3.33. The molecule has 0 bridgehead atoms. The topological polar surface area (TPSA) is 123 Å². The molecule has 41 heavy (non-hydrogen) atoms. The summed E-state index contributed by atoms with van der Waals surface area (Å²) >= 11 is 0. The Bertz CT molecular complexity index is 1290. The minimum Gasteiger partial charge on any atom is -0.494 e. The lowest BCUT2D eigenvalue weighted by molar-refractivity contribution is -0.139. The molecule has 220 valence electrons. The van der Waals surface area contributed by atoms with Crippen molar-refractivity contribution in [3.8, 4) is 5.75 Å². The zero-order chi connectivity index (χ0) is 29.6. The molecule has 9 heteroatoms. The Morgan fingerprint density at radius 1 is 1.15 bits per heavy atom. The third-order valence-corrected chi connectivity index (χ3v) is 7.72. The number of rotatable bonds is 14. The van der Waals surface area contributed by atoms with Gasteiger partial charge in [-0.1, -0.05) is 25.2 Å². The fourth-order valence-electron chi connectivity index (χ4n) is 5.62. The number of aliphatic hydroxyl groups excluding tert-OH is 2. The number of hydrogen-bond acceptors (Lipinski definition) is 7. The smallest absolute Gasteiger partial charge is 0.264 e. The number of amides is 2. The summed E-state index contributed by atoms with van der Waals surface area (Å²) in [6.45, 7) is 8.86. The van der Waals surface area contributed by atoms with Crippen LogP contribution >= 0.6 is 0 Å². The van der Waals surface area contributed by atoms with E-state index in [9.17, 15) is 19.8 Å². The van der Waals surface area contributed by atoms with Crippen LogP contribution in [-0.4, -0.2) is 66.1 Å². The van der Waals surface area contributed by atoms with Crippen LogP contribution in [0.3, 0.4) is 0 Å². The number of nitrogens with one attached hydrogen (secondary N) is 1. The first kappa shape index (κ1) is 30.5. The molecular formula is C32H41N3O6. The van der Waals surface area contributed by atoms with Gasteiger partial charge in [0.1, 0.15) is 5.75 Å². The second-order valence-electron chi connectivity index (χ2n) is 10.4. The molecule has 0 saturated carbocycles. The van der Waals surface area contributed by atoms with Crippen LogP contribution in [0.5, 0.6) is 5.75 Å². The highest BCUT2D eigenvalue weighted by atomic mass is 16.5. The van der Waals surface area contributed by atoms with Crippen LogP contribution in [0, 0.1) is 5.92 Å². The number of carbonyl (C=O) groups is 2. The second kappa shape index (κ2) is 13.4. The van der Waals surface area contributed by atoms with Crippen molar-refractivity contribution >= 4 is 28.9 Å². The minimum atomic E-state index is -1.86. The molecule has 4 N–H and O–H groups in total. The SMILES string of the molecule is C=CCN1C(=O)[C@](O)([C@H](C)/C=C/CCO)c2cc(N3C(=O)C(NCCCCO)Cc4cc(OCC)ccc43)ccc21. The summed E-state index contributed by atoms with van der Waals surface area (Å²) in [6, 6.07) is 10.5. The molecule has 4 rings (SSSR count). The third-order valence-electron chi connectivity index (χ3n) is 7.72. The molecule has 0 fully saturated rings. The predicted molar refractivity (Wildman–Crippen MR) is 159 cm³/mol. The maximum atomic E-state index is 14.0. The Labute approximate surface area is 241 Å². The summed E-state index contributed by atoms with van der Waals surface area (Å²) in [5.41, 5.74) is 1.33. The average molecular weight is 564 g/mol. The van der Waals surface area contributed by atoms with Gasteiger partial charge in [-0.3, -0.25) is 14.5 Å². The molecule has 0 radical (unpaired) electrons. The van der Waals surface area contributed by atoms with Crippen LogP contribution in [0.1, 0.15) is 44.2 Å². The van der Waals surface area contributed by atoms with Crippen molar-refractivity contribution < 1.29 is 29.6 Å². The summed E-state index contributed by atoms with van der Waals surface area (Å²) in [5.74, 6) is -0.473. The lowest BCUT2D eigenvalue weighted by Gasteiger charge is -2.35. The molecule has 3 atom stereocenters. The number of carbonyl (C=O) groups excluding carboxylic acids is 2. The lowest BCUT2D eigenvalue weighted by Crippen LogP contribution is -2.49. The third kappa shape index (κ3) is 5.94. The zero-order valence-corrected chi connectivity index (χ0v) is 23.9. The maximum absolute atomic E-state index is 14.0. The summed E-state index contributed by atoms with van der Waals surface area (Å²) in [5, 5.41) is 33.7. The van der Waals surface area contributed by atoms with Crippen LogP contribution in [0.4, 0.5) is 17.1 Å². The second-order valence-corrected chi connectivity index (χ2v) is 10.4. The van der Waals surface area contributed by atoms with E-state index >= 15 is 0 Å². The van der Waals surface area contributed by atoms with E-state index in [1.807, 2.05) is 25.1 Å². The molecule has 0 aromatic heterocycles. The molecule has 0 spiro atoms. The monoisotopic (exact) mass is 563 g/mol. The average Bonchev–Trinajstić information content (AvgIpc) is 3.18. The van der Waals surface area contributed by atoms with Crippen molar-refractivity contribution in [1.29, 1.82) is 0 Å². The van der Waals surface area contributed by atoms with Gasteiger partial charge < -0.3 is 30.3 Å². The van der Waals surface area contributed by atoms with Crippen LogP contribution in [-0.2, 0) is 21.6 Å². The maximum Gasteiger partial charge on any atom is 0.264 e. The van der Waals surface area contributed by atoms with E-state index in [1.165, 1.54) is 4.90 Å². The molecule has 2 heterocycles. The fraction of sp³-hybridized carbons (Fsp3) is 0.438. The van der Waals surface area contributed by atoms with Crippen molar-refractivity contribution in [2.75, 3.05) is 42.7 Å². The molecule has 2 amide bonds. The Balaban J connectivity index is 1.80. The standard InChI is InChI=1S/C32H41N3O6/c1-4-16-34-29-13-11-24(21-26(29)32(40,31(34)39)22(3)10-6-8-17-36)35-28-14-12-25(41-5-2)19-23(28)20-27(30(35)38)33-15-7-9-18-37/h4,6,10-14,19,21-22,27,33,36-37,40H,1,5,7-9,15-18,20H2,2-3H3/b10-6+/t22-,27?,32+/m1/s1. The highest BCUT2D eigenvalue weighted by Crippen LogP contribution is 2.48. The molecule has 2 aliphatic rings. The van der Waals surface area contributed by atoms with E-state index in [-0.39, 0.29) is 25.7 Å². The van der Waals surface area contributed by atoms with Gasteiger partial charge in [0, 0.05) is 36.9 Å². The number of anilines is 3. The first-order chi connectivity index (χ1) is 19.8. The normalized spacial score (nSPS) is 20.9. The molecule has 2 aromatic rings. The van der Waals surface area contributed by atoms with Crippen LogP contribution in [0.2, 0.25) is 0 Å². The molecule has 9 nitrogen and oxygen atoms in total. The van der Waals surface area contributed by atoms with Crippen molar-refractivity contribution in [2.24, 2.45) is 5.92 Å². The van der Waals surface area contributed by atoms with Crippen molar-refractivity contribution in [1.82, 2.24) is 5.32 Å². The van der Waals surface area contributed by atoms with Crippen LogP contribution in [0.15, 0.2) is 61.2 Å². The first-order valence-corrected chi connectivity index (χ1v) is 14.3. The number of nitrogens with zero attached hydrogens (tertiary/aromatic N) is 2. The summed E-state index contributed by atoms with van der Waals surface area (Å²) in [4.78, 5) is 30.8. The Morgan fingerprint density at radius 3 is 2.63 bits per heavy atom. The van der Waals surface area contributed by atoms with Gasteiger partial charge in [0.15, 0.2) is 5.60 Å². The Morgan fingerprint density at radius 2 is 1.93 bits per heavy atom. The minimum absolute atomic E-state index is 0.0321. The van der Waals surface area contributed by atoms with Crippen molar-refractivity contribution in [3.63, 3.8) is 0 Å². The summed E-state index contributed by atoms with van der Waals surface area (Å²) in [6.07, 6.45) is 7.38. The number of fused-ring (bicyclic) bond motifs is 2. The summed E-state index contributed by atoms with van der Waals surface area (Å²) in [7, 11) is 0. The largest absolute Gasteiger partial charge is 0.494 e. The quantitative estimate of drug-likeness (QED) is 0.205. The van der Waals surface area contributed by atoms with Gasteiger partial charge in [-0.2, -0.15) is 0 Å². The van der Waals surface area contributed by atoms with Gasteiger partial charge in [-0.15, -0.1) is 6.58 Å². The molecule has 0 saturated heterocycles. The molecular weight excluding hydrogens is 522 g/mol. The number of unbranched alkanes of at least 4 members (excludes halogenated alkanes) is 1. The summed E-state index contributed by atoms with van der Waals surface area (Å²) < 4.78 is 5.73. The van der Waals surface area contributed by atoms with Gasteiger partial charge in [-0.05, 0) is 81.1 Å². The van der Waals surface area contributed by atoms with Gasteiger partial charge >= 0.3 is 0 Å². The van der Waals surface area contributed by atoms with E-state index < -0.39 is 23.5 Å². The fourth-order valence-corrected chi connectivity index (χ4v) is 5.62. The number of benzene rings is 2. The van der Waals surface area contributed by atoms with E-state index in [0.29, 0.717) is 49.4 Å². The lowest BCUT2D eigenvalue weighted by atomic mass is 9.82. The Kier molecular flexibility index (Phi) is 9.99. The van der Waals surface area contributed by atoms with E-state index in [1.54, 1.807) is 48.3 Å². The zero-order valence-electron chi connectivity index (χ0n) is 23.9. The van der Waals surface area contributed by atoms with Gasteiger partial charge in [-0.25, -0.2) is 0 Å². The van der Waals surface area contributed by atoms with Crippen molar-refractivity contribution in [3.05, 3.63) is 72.3 Å². The van der Waals surface area contributed by atoms with Gasteiger partial charge in [0.25, 0.3) is 5.91 Å². The first-order valence-electron chi connectivity index (χ1n) is 14.3. The van der Waals surface area contributed by atoms with Crippen LogP contribution < -0.4 is 19.9 Å². The number of ether oxygens (including phenoxy) is 1. The van der Waals surface area contributed by atoms with Crippen LogP contribution in [0.25, 0.3) is 0 Å². The number of hydrogen-bond donors (Lipinski definition) is 4. The van der Waals surface area contributed by atoms with Crippen molar-refractivity contribution in [2.45, 2.75) is 51.2 Å². The number of aliphatic hydroxyl groups is 3. The molecule has 2 aromatic carbocycles. The van der Waals surface area contributed by atoms with E-state index in [2.05, 4.69) is 11.9 Å².